The van der Waals surface area contributed by atoms with Gasteiger partial charge in [0.2, 0.25) is 5.75 Å². The molecule has 18 heavy (non-hydrogen) atoms. The second kappa shape index (κ2) is 5.35. The van der Waals surface area contributed by atoms with Gasteiger partial charge in [-0.3, -0.25) is 5.10 Å². The summed E-state index contributed by atoms with van der Waals surface area (Å²) in [5, 5.41) is 13.1. The fourth-order valence-corrected chi connectivity index (χ4v) is 1.55. The van der Waals surface area contributed by atoms with Gasteiger partial charge in [0.25, 0.3) is 0 Å². The topological polar surface area (TPSA) is 87.8 Å². The van der Waals surface area contributed by atoms with Crippen molar-refractivity contribution in [2.75, 3.05) is 24.3 Å². The van der Waals surface area contributed by atoms with Crippen LogP contribution in [0.2, 0.25) is 0 Å². The normalized spacial score (nSPS) is 10.2. The van der Waals surface area contributed by atoms with Crippen LogP contribution in [-0.2, 0) is 0 Å². The first-order chi connectivity index (χ1) is 8.74. The number of rotatable bonds is 5. The van der Waals surface area contributed by atoms with Gasteiger partial charge in [-0.25, -0.2) is 9.97 Å². The zero-order chi connectivity index (χ0) is 13.0. The molecule has 0 fully saturated rings. The van der Waals surface area contributed by atoms with Gasteiger partial charge in [-0.05, 0) is 13.8 Å². The van der Waals surface area contributed by atoms with Crippen LogP contribution in [0.15, 0.2) is 12.4 Å². The minimum atomic E-state index is 0.569. The zero-order valence-electron chi connectivity index (χ0n) is 10.6. The fraction of sp³-hybridized carbons (Fsp3) is 0.364. The number of nitrogens with zero attached hydrogens (tertiary/aromatic N) is 3. The van der Waals surface area contributed by atoms with Crippen LogP contribution in [0.3, 0.4) is 0 Å². The van der Waals surface area contributed by atoms with Crippen molar-refractivity contribution in [2.45, 2.75) is 13.8 Å². The first-order valence-electron chi connectivity index (χ1n) is 5.66. The molecule has 0 spiro atoms. The van der Waals surface area contributed by atoms with E-state index in [-0.39, 0.29) is 0 Å². The number of nitrogens with one attached hydrogen (secondary N) is 3. The number of ether oxygens (including phenoxy) is 1. The van der Waals surface area contributed by atoms with Crippen LogP contribution < -0.4 is 15.4 Å². The maximum Gasteiger partial charge on any atom is 0.204 e. The van der Waals surface area contributed by atoms with Gasteiger partial charge in [-0.15, -0.1) is 0 Å². The van der Waals surface area contributed by atoms with E-state index in [1.54, 1.807) is 7.11 Å². The third kappa shape index (κ3) is 2.50. The third-order valence-electron chi connectivity index (χ3n) is 2.30. The van der Waals surface area contributed by atoms with Crippen LogP contribution in [-0.4, -0.2) is 33.8 Å². The molecular weight excluding hydrogens is 232 g/mol. The number of hydrogen-bond acceptors (Lipinski definition) is 6. The lowest BCUT2D eigenvalue weighted by molar-refractivity contribution is 0.415. The minimum absolute atomic E-state index is 0.569. The van der Waals surface area contributed by atoms with E-state index in [0.717, 1.165) is 12.2 Å². The van der Waals surface area contributed by atoms with Crippen molar-refractivity contribution in [3.63, 3.8) is 0 Å². The Morgan fingerprint density at radius 3 is 2.72 bits per heavy atom. The molecule has 2 rings (SSSR count). The van der Waals surface area contributed by atoms with E-state index in [9.17, 15) is 0 Å². The molecule has 2 aromatic heterocycles. The molecule has 0 unspecified atom stereocenters. The number of H-pyrrole nitrogens is 1. The highest BCUT2D eigenvalue weighted by Crippen LogP contribution is 2.30. The summed E-state index contributed by atoms with van der Waals surface area (Å²) in [7, 11) is 1.58. The zero-order valence-corrected chi connectivity index (χ0v) is 10.6. The largest absolute Gasteiger partial charge is 0.490 e. The van der Waals surface area contributed by atoms with Crippen LogP contribution in [0.4, 0.5) is 17.5 Å². The van der Waals surface area contributed by atoms with Crippen LogP contribution in [0.1, 0.15) is 12.6 Å². The van der Waals surface area contributed by atoms with Gasteiger partial charge >= 0.3 is 0 Å². The van der Waals surface area contributed by atoms with Gasteiger partial charge < -0.3 is 15.4 Å². The van der Waals surface area contributed by atoms with Gasteiger partial charge in [0.15, 0.2) is 17.5 Å². The van der Waals surface area contributed by atoms with E-state index in [1.807, 2.05) is 19.9 Å². The van der Waals surface area contributed by atoms with E-state index < -0.39 is 0 Å². The molecule has 0 saturated heterocycles. The molecule has 0 aromatic carbocycles. The average molecular weight is 248 g/mol. The number of hydrogen-bond donors (Lipinski definition) is 3. The predicted molar refractivity (Wildman–Crippen MR) is 69.4 cm³/mol. The molecule has 7 heteroatoms. The van der Waals surface area contributed by atoms with Crippen molar-refractivity contribution in [2.24, 2.45) is 0 Å². The predicted octanol–water partition coefficient (Wildman–Crippen LogP) is 1.69. The molecule has 2 aromatic rings. The molecular formula is C11H16N6O. The lowest BCUT2D eigenvalue weighted by Crippen LogP contribution is -2.05. The number of aromatic amines is 1. The van der Waals surface area contributed by atoms with Gasteiger partial charge in [0.1, 0.15) is 6.33 Å². The summed E-state index contributed by atoms with van der Waals surface area (Å²) >= 11 is 0. The number of methoxy groups -OCH3 is 1. The average Bonchev–Trinajstić information content (AvgIpc) is 2.76. The lowest BCUT2D eigenvalue weighted by Gasteiger charge is -2.12. The number of anilines is 3. The van der Waals surface area contributed by atoms with Crippen LogP contribution in [0, 0.1) is 6.92 Å². The molecule has 0 radical (unpaired) electrons. The standard InChI is InChI=1S/C11H16N6O/c1-4-12-10-9(18-3)11(14-6-13-10)15-8-5-7(2)16-17-8/h5-6H,4H2,1-3H3,(H3,12,13,14,15,16,17). The van der Waals surface area contributed by atoms with Crippen LogP contribution in [0.5, 0.6) is 5.75 Å². The van der Waals surface area contributed by atoms with Crippen LogP contribution >= 0.6 is 0 Å². The quantitative estimate of drug-likeness (QED) is 0.746. The summed E-state index contributed by atoms with van der Waals surface area (Å²) in [6, 6.07) is 1.88. The van der Waals surface area contributed by atoms with Crippen molar-refractivity contribution in [3.8, 4) is 5.75 Å². The lowest BCUT2D eigenvalue weighted by atomic mass is 10.4. The second-order valence-corrected chi connectivity index (χ2v) is 3.70. The van der Waals surface area contributed by atoms with Gasteiger partial charge in [0, 0.05) is 18.3 Å². The minimum Gasteiger partial charge on any atom is -0.490 e. The smallest absolute Gasteiger partial charge is 0.204 e. The molecule has 0 amide bonds. The molecule has 0 saturated carbocycles. The Labute approximate surface area is 105 Å². The molecule has 3 N–H and O–H groups in total. The third-order valence-corrected chi connectivity index (χ3v) is 2.30. The Bertz CT molecular complexity index is 524. The van der Waals surface area contributed by atoms with Crippen LogP contribution in [0.25, 0.3) is 0 Å². The van der Waals surface area contributed by atoms with Gasteiger partial charge in [-0.1, -0.05) is 0 Å². The highest BCUT2D eigenvalue weighted by atomic mass is 16.5. The summed E-state index contributed by atoms with van der Waals surface area (Å²) in [6.07, 6.45) is 1.47. The van der Waals surface area contributed by atoms with E-state index in [4.69, 9.17) is 4.74 Å². The molecule has 2 heterocycles. The monoisotopic (exact) mass is 248 g/mol. The van der Waals surface area contributed by atoms with E-state index >= 15 is 0 Å². The highest BCUT2D eigenvalue weighted by molar-refractivity contribution is 5.67. The Morgan fingerprint density at radius 1 is 1.33 bits per heavy atom. The molecule has 7 nitrogen and oxygen atoms in total. The Hall–Kier alpha value is -2.31. The van der Waals surface area contributed by atoms with Gasteiger partial charge in [0.05, 0.1) is 7.11 Å². The van der Waals surface area contributed by atoms with Crippen molar-refractivity contribution >= 4 is 17.5 Å². The Balaban J connectivity index is 2.29. The summed E-state index contributed by atoms with van der Waals surface area (Å²) < 4.78 is 5.32. The summed E-state index contributed by atoms with van der Waals surface area (Å²) in [5.74, 6) is 2.49. The number of aromatic nitrogens is 4. The second-order valence-electron chi connectivity index (χ2n) is 3.70. The van der Waals surface area contributed by atoms with E-state index in [2.05, 4.69) is 30.8 Å². The van der Waals surface area contributed by atoms with Crippen molar-refractivity contribution in [3.05, 3.63) is 18.1 Å². The number of aryl methyl sites for hydroxylation is 1. The first-order valence-corrected chi connectivity index (χ1v) is 5.66. The van der Waals surface area contributed by atoms with Gasteiger partial charge in [-0.2, -0.15) is 5.10 Å². The SMILES string of the molecule is CCNc1ncnc(Nc2cc(C)[nH]n2)c1OC. The molecule has 0 aliphatic carbocycles. The molecule has 0 aliphatic heterocycles. The van der Waals surface area contributed by atoms with Crippen molar-refractivity contribution in [1.82, 2.24) is 20.2 Å². The highest BCUT2D eigenvalue weighted by Gasteiger charge is 2.12. The van der Waals surface area contributed by atoms with E-state index in [0.29, 0.717) is 23.2 Å². The summed E-state index contributed by atoms with van der Waals surface area (Å²) in [5.41, 5.74) is 0.970. The van der Waals surface area contributed by atoms with Crippen molar-refractivity contribution < 1.29 is 4.74 Å². The summed E-state index contributed by atoms with van der Waals surface area (Å²) in [6.45, 7) is 4.68. The first kappa shape index (κ1) is 12.2. The maximum atomic E-state index is 5.32. The Kier molecular flexibility index (Phi) is 3.61. The molecule has 0 aliphatic rings. The summed E-state index contributed by atoms with van der Waals surface area (Å²) in [4.78, 5) is 8.29. The Morgan fingerprint density at radius 2 is 2.11 bits per heavy atom. The molecule has 0 bridgehead atoms. The molecule has 96 valence electrons. The maximum absolute atomic E-state index is 5.32. The fourth-order valence-electron chi connectivity index (χ4n) is 1.55. The van der Waals surface area contributed by atoms with E-state index in [1.165, 1.54) is 6.33 Å². The molecule has 0 atom stereocenters. The van der Waals surface area contributed by atoms with Crippen molar-refractivity contribution in [1.29, 1.82) is 0 Å².